The maximum Gasteiger partial charge on any atom is 0.359 e. The molecule has 1 saturated heterocycles. The quantitative estimate of drug-likeness (QED) is 0.334. The highest BCUT2D eigenvalue weighted by Crippen LogP contribution is 2.33. The number of rotatable bonds is 6. The molecular weight excluding hydrogens is 540 g/mol. The van der Waals surface area contributed by atoms with Crippen LogP contribution in [0.2, 0.25) is 5.02 Å². The van der Waals surface area contributed by atoms with Crippen molar-refractivity contribution >= 4 is 62.2 Å². The summed E-state index contributed by atoms with van der Waals surface area (Å²) in [5.74, 6) is -1.87. The second kappa shape index (κ2) is 10.6. The molecule has 1 aliphatic rings. The van der Waals surface area contributed by atoms with Crippen molar-refractivity contribution in [3.8, 4) is 5.69 Å². The summed E-state index contributed by atoms with van der Waals surface area (Å²) in [7, 11) is 0. The Balaban J connectivity index is 1.51. The molecule has 4 aromatic rings. The lowest BCUT2D eigenvalue weighted by Crippen LogP contribution is -2.29. The van der Waals surface area contributed by atoms with Crippen LogP contribution in [0.3, 0.4) is 0 Å². The first-order valence-electron chi connectivity index (χ1n) is 12.3. The third-order valence-electron chi connectivity index (χ3n) is 6.73. The van der Waals surface area contributed by atoms with Crippen molar-refractivity contribution in [3.63, 3.8) is 0 Å². The van der Waals surface area contributed by atoms with Gasteiger partial charge >= 0.3 is 5.97 Å². The number of halogens is 1. The highest BCUT2D eigenvalue weighted by atomic mass is 35.5. The molecule has 39 heavy (non-hydrogen) atoms. The van der Waals surface area contributed by atoms with Gasteiger partial charge in [0, 0.05) is 34.4 Å². The Kier molecular flexibility index (Phi) is 7.24. The van der Waals surface area contributed by atoms with Crippen LogP contribution in [0.5, 0.6) is 0 Å². The van der Waals surface area contributed by atoms with Gasteiger partial charge in [-0.3, -0.25) is 14.4 Å². The van der Waals surface area contributed by atoms with Crippen LogP contribution in [0.4, 0.5) is 10.7 Å². The summed E-state index contributed by atoms with van der Waals surface area (Å²) in [6.07, 6.45) is 0.0281. The number of aromatic nitrogens is 2. The Hall–Kier alpha value is -4.02. The second-order valence-electron chi connectivity index (χ2n) is 9.28. The maximum atomic E-state index is 13.7. The number of esters is 1. The van der Waals surface area contributed by atoms with Gasteiger partial charge in [0.05, 0.1) is 23.6 Å². The largest absolute Gasteiger partial charge is 0.461 e. The van der Waals surface area contributed by atoms with E-state index in [1.165, 1.54) is 0 Å². The Morgan fingerprint density at radius 1 is 1.10 bits per heavy atom. The Morgan fingerprint density at radius 2 is 1.82 bits per heavy atom. The molecule has 0 saturated carbocycles. The molecule has 2 amide bonds. The van der Waals surface area contributed by atoms with E-state index in [0.717, 1.165) is 27.1 Å². The van der Waals surface area contributed by atoms with E-state index < -0.39 is 23.4 Å². The summed E-state index contributed by atoms with van der Waals surface area (Å²) in [4.78, 5) is 54.0. The van der Waals surface area contributed by atoms with Crippen LogP contribution in [0.1, 0.15) is 35.0 Å². The van der Waals surface area contributed by atoms with E-state index in [0.29, 0.717) is 21.8 Å². The zero-order valence-corrected chi connectivity index (χ0v) is 23.1. The second-order valence-corrected chi connectivity index (χ2v) is 10.6. The van der Waals surface area contributed by atoms with Crippen LogP contribution >= 0.6 is 22.9 Å². The smallest absolute Gasteiger partial charge is 0.359 e. The number of nitrogens with zero attached hydrogens (tertiary/aromatic N) is 3. The van der Waals surface area contributed by atoms with E-state index >= 15 is 0 Å². The number of carbonyl (C=O) groups is 3. The number of carbonyl (C=O) groups excluding carboxylic acids is 3. The lowest BCUT2D eigenvalue weighted by Gasteiger charge is -2.16. The zero-order chi connectivity index (χ0) is 27.8. The normalized spacial score (nSPS) is 15.1. The molecule has 9 nitrogen and oxygen atoms in total. The van der Waals surface area contributed by atoms with Crippen molar-refractivity contribution in [2.45, 2.75) is 27.2 Å². The summed E-state index contributed by atoms with van der Waals surface area (Å²) in [6, 6.07) is 12.3. The van der Waals surface area contributed by atoms with Gasteiger partial charge in [-0.1, -0.05) is 17.7 Å². The van der Waals surface area contributed by atoms with Gasteiger partial charge in [0.1, 0.15) is 5.00 Å². The molecule has 1 unspecified atom stereocenters. The number of anilines is 2. The van der Waals surface area contributed by atoms with Crippen LogP contribution < -0.4 is 15.8 Å². The first-order valence-corrected chi connectivity index (χ1v) is 13.6. The van der Waals surface area contributed by atoms with E-state index in [-0.39, 0.29) is 41.6 Å². The molecule has 0 bridgehead atoms. The first-order chi connectivity index (χ1) is 18.7. The molecule has 200 valence electrons. The number of ether oxygens (including phenoxy) is 1. The van der Waals surface area contributed by atoms with E-state index in [4.69, 9.17) is 16.3 Å². The van der Waals surface area contributed by atoms with Gasteiger partial charge in [0.2, 0.25) is 11.8 Å². The highest BCUT2D eigenvalue weighted by molar-refractivity contribution is 7.16. The van der Waals surface area contributed by atoms with Gasteiger partial charge < -0.3 is 15.0 Å². The fourth-order valence-electron chi connectivity index (χ4n) is 4.49. The number of hydrogen-bond donors (Lipinski definition) is 1. The zero-order valence-electron chi connectivity index (χ0n) is 21.5. The van der Waals surface area contributed by atoms with Crippen molar-refractivity contribution in [1.82, 2.24) is 9.78 Å². The summed E-state index contributed by atoms with van der Waals surface area (Å²) in [5.41, 5.74) is 2.63. The van der Waals surface area contributed by atoms with Crippen LogP contribution in [-0.2, 0) is 14.3 Å². The average Bonchev–Trinajstić information content (AvgIpc) is 3.51. The number of nitrogens with one attached hydrogen (secondary N) is 1. The van der Waals surface area contributed by atoms with Gasteiger partial charge in [-0.25, -0.2) is 4.79 Å². The van der Waals surface area contributed by atoms with E-state index in [1.807, 2.05) is 26.0 Å². The first kappa shape index (κ1) is 26.6. The fourth-order valence-corrected chi connectivity index (χ4v) is 5.56. The number of benzene rings is 2. The monoisotopic (exact) mass is 564 g/mol. The number of fused-ring (bicyclic) bond motifs is 1. The maximum absolute atomic E-state index is 13.7. The molecule has 2 aromatic heterocycles. The number of aryl methyl sites for hydroxylation is 2. The molecule has 5 rings (SSSR count). The molecular formula is C28H25ClN4O5S. The molecule has 0 aliphatic carbocycles. The minimum Gasteiger partial charge on any atom is -0.461 e. The van der Waals surface area contributed by atoms with E-state index in [2.05, 4.69) is 10.4 Å². The molecule has 1 fully saturated rings. The minimum absolute atomic E-state index is 0.0219. The lowest BCUT2D eigenvalue weighted by atomic mass is 10.1. The van der Waals surface area contributed by atoms with Crippen molar-refractivity contribution in [2.75, 3.05) is 23.4 Å². The predicted octanol–water partition coefficient (Wildman–Crippen LogP) is 4.89. The number of thiophene rings is 1. The number of amides is 2. The fraction of sp³-hybridized carbons (Fsp3) is 0.250. The van der Waals surface area contributed by atoms with Crippen LogP contribution in [0.15, 0.2) is 52.6 Å². The van der Waals surface area contributed by atoms with E-state index in [9.17, 15) is 19.2 Å². The van der Waals surface area contributed by atoms with Crippen molar-refractivity contribution in [2.24, 2.45) is 5.92 Å². The molecule has 1 atom stereocenters. The van der Waals surface area contributed by atoms with Gasteiger partial charge in [0.15, 0.2) is 5.69 Å². The van der Waals surface area contributed by atoms with Gasteiger partial charge in [-0.05, 0) is 68.3 Å². The third kappa shape index (κ3) is 5.05. The predicted molar refractivity (Wildman–Crippen MR) is 151 cm³/mol. The molecule has 11 heteroatoms. The molecule has 3 heterocycles. The van der Waals surface area contributed by atoms with Gasteiger partial charge in [-0.15, -0.1) is 11.3 Å². The van der Waals surface area contributed by atoms with Crippen LogP contribution in [-0.4, -0.2) is 40.7 Å². The number of hydrogen-bond acceptors (Lipinski definition) is 7. The van der Waals surface area contributed by atoms with Crippen molar-refractivity contribution in [3.05, 3.63) is 80.0 Å². The molecule has 0 radical (unpaired) electrons. The Bertz CT molecular complexity index is 1680. The SMILES string of the molecule is CCOC(=O)c1nn(-c2ccc(C)c(C)c2)c(=O)c2c(NC(=O)C3CC(=O)N(c4ccc(Cl)cc4)C3)scc12. The lowest BCUT2D eigenvalue weighted by molar-refractivity contribution is -0.122. The van der Waals surface area contributed by atoms with Crippen LogP contribution in [0, 0.1) is 19.8 Å². The van der Waals surface area contributed by atoms with Crippen molar-refractivity contribution in [1.29, 1.82) is 0 Å². The Labute approximate surface area is 233 Å². The van der Waals surface area contributed by atoms with Crippen molar-refractivity contribution < 1.29 is 19.1 Å². The summed E-state index contributed by atoms with van der Waals surface area (Å²) >= 11 is 7.08. The average molecular weight is 565 g/mol. The third-order valence-corrected chi connectivity index (χ3v) is 7.87. The molecule has 0 spiro atoms. The topological polar surface area (TPSA) is 111 Å². The molecule has 2 aromatic carbocycles. The minimum atomic E-state index is -0.671. The summed E-state index contributed by atoms with van der Waals surface area (Å²) in [5, 5.41) is 10.1. The Morgan fingerprint density at radius 3 is 2.51 bits per heavy atom. The van der Waals surface area contributed by atoms with Gasteiger partial charge in [0.25, 0.3) is 5.56 Å². The van der Waals surface area contributed by atoms with E-state index in [1.54, 1.807) is 47.5 Å². The molecule has 1 aliphatic heterocycles. The van der Waals surface area contributed by atoms with Crippen LogP contribution in [0.25, 0.3) is 16.5 Å². The molecule has 1 N–H and O–H groups in total. The summed E-state index contributed by atoms with van der Waals surface area (Å²) in [6.45, 7) is 5.89. The van der Waals surface area contributed by atoms with Gasteiger partial charge in [-0.2, -0.15) is 9.78 Å². The standard InChI is InChI=1S/C28H25ClN4O5S/c1-4-38-28(37)24-21-14-39-26(23(21)27(36)33(31-24)20-8-5-15(2)16(3)11-20)30-25(35)17-12-22(34)32(13-17)19-9-6-18(29)7-10-19/h5-11,14,17H,4,12-13H2,1-3H3,(H,30,35). The highest BCUT2D eigenvalue weighted by Gasteiger charge is 2.36. The summed E-state index contributed by atoms with van der Waals surface area (Å²) < 4.78 is 6.36.